The van der Waals surface area contributed by atoms with Gasteiger partial charge in [0, 0.05) is 18.0 Å². The van der Waals surface area contributed by atoms with Gasteiger partial charge in [-0.3, -0.25) is 0 Å². The van der Waals surface area contributed by atoms with Crippen molar-refractivity contribution < 1.29 is 4.39 Å². The van der Waals surface area contributed by atoms with E-state index < -0.39 is 0 Å². The zero-order chi connectivity index (χ0) is 11.1. The van der Waals surface area contributed by atoms with E-state index in [2.05, 4.69) is 12.2 Å². The number of alkyl halides is 1. The molecule has 1 nitrogen and oxygen atoms in total. The molecular formula is C12H17ClFN. The lowest BCUT2D eigenvalue weighted by molar-refractivity contribution is 0.494. The minimum atomic E-state index is -0.144. The Bertz CT molecular complexity index is 291. The van der Waals surface area contributed by atoms with Crippen LogP contribution in [0.1, 0.15) is 18.9 Å². The van der Waals surface area contributed by atoms with E-state index in [0.717, 1.165) is 18.5 Å². The summed E-state index contributed by atoms with van der Waals surface area (Å²) in [5.41, 5.74) is 0.718. The Labute approximate surface area is 95.6 Å². The first kappa shape index (κ1) is 12.5. The van der Waals surface area contributed by atoms with Gasteiger partial charge in [0.05, 0.1) is 0 Å². The van der Waals surface area contributed by atoms with E-state index >= 15 is 0 Å². The second-order valence-corrected chi connectivity index (χ2v) is 4.18. The first-order chi connectivity index (χ1) is 7.24. The van der Waals surface area contributed by atoms with Crippen molar-refractivity contribution in [3.8, 4) is 0 Å². The molecule has 0 amide bonds. The molecule has 0 bridgehead atoms. The van der Waals surface area contributed by atoms with Gasteiger partial charge in [-0.15, -0.1) is 11.6 Å². The van der Waals surface area contributed by atoms with Gasteiger partial charge in [-0.1, -0.05) is 25.1 Å². The zero-order valence-electron chi connectivity index (χ0n) is 8.97. The Morgan fingerprint density at radius 1 is 1.40 bits per heavy atom. The molecule has 3 heteroatoms. The Morgan fingerprint density at radius 2 is 2.13 bits per heavy atom. The van der Waals surface area contributed by atoms with E-state index in [1.807, 2.05) is 6.07 Å². The van der Waals surface area contributed by atoms with Gasteiger partial charge in [-0.2, -0.15) is 0 Å². The van der Waals surface area contributed by atoms with E-state index in [1.165, 1.54) is 6.07 Å². The highest BCUT2D eigenvalue weighted by molar-refractivity contribution is 6.17. The highest BCUT2D eigenvalue weighted by atomic mass is 35.5. The minimum Gasteiger partial charge on any atom is -0.312 e. The van der Waals surface area contributed by atoms with Crippen LogP contribution < -0.4 is 5.32 Å². The second kappa shape index (κ2) is 6.81. The summed E-state index contributed by atoms with van der Waals surface area (Å²) in [5.74, 6) is 1.08. The molecule has 0 fully saturated rings. The summed E-state index contributed by atoms with van der Waals surface area (Å²) in [5, 5.41) is 3.23. The predicted molar refractivity (Wildman–Crippen MR) is 62.6 cm³/mol. The van der Waals surface area contributed by atoms with Crippen molar-refractivity contribution in [2.24, 2.45) is 5.92 Å². The van der Waals surface area contributed by atoms with E-state index in [0.29, 0.717) is 18.3 Å². The Kier molecular flexibility index (Phi) is 5.66. The number of benzene rings is 1. The summed E-state index contributed by atoms with van der Waals surface area (Å²) < 4.78 is 13.2. The largest absolute Gasteiger partial charge is 0.312 e. The number of hydrogen-bond donors (Lipinski definition) is 1. The first-order valence-electron chi connectivity index (χ1n) is 5.24. The molecule has 1 unspecified atom stereocenters. The topological polar surface area (TPSA) is 12.0 Å². The number of hydrogen-bond acceptors (Lipinski definition) is 1. The standard InChI is InChI=1S/C12H17ClFN/c1-10(6-7-13)8-15-9-11-4-2-3-5-12(11)14/h2-5,10,15H,6-9H2,1H3. The SMILES string of the molecule is CC(CCCl)CNCc1ccccc1F. The van der Waals surface area contributed by atoms with Gasteiger partial charge < -0.3 is 5.32 Å². The third kappa shape index (κ3) is 4.63. The Balaban J connectivity index is 2.29. The van der Waals surface area contributed by atoms with Crippen molar-refractivity contribution >= 4 is 11.6 Å². The third-order valence-electron chi connectivity index (χ3n) is 2.37. The van der Waals surface area contributed by atoms with Crippen LogP contribution in [0.15, 0.2) is 24.3 Å². The van der Waals surface area contributed by atoms with Crippen LogP contribution in [0.2, 0.25) is 0 Å². The van der Waals surface area contributed by atoms with Gasteiger partial charge in [-0.25, -0.2) is 4.39 Å². The molecule has 0 saturated carbocycles. The fourth-order valence-corrected chi connectivity index (χ4v) is 1.76. The maximum Gasteiger partial charge on any atom is 0.127 e. The minimum absolute atomic E-state index is 0.144. The van der Waals surface area contributed by atoms with E-state index in [-0.39, 0.29) is 5.82 Å². The maximum atomic E-state index is 13.2. The molecule has 15 heavy (non-hydrogen) atoms. The third-order valence-corrected chi connectivity index (χ3v) is 2.59. The molecule has 0 aromatic heterocycles. The quantitative estimate of drug-likeness (QED) is 0.739. The lowest BCUT2D eigenvalue weighted by Crippen LogP contribution is -2.21. The second-order valence-electron chi connectivity index (χ2n) is 3.81. The van der Waals surface area contributed by atoms with Crippen molar-refractivity contribution in [3.05, 3.63) is 35.6 Å². The Hall–Kier alpha value is -0.600. The fraction of sp³-hybridized carbons (Fsp3) is 0.500. The van der Waals surface area contributed by atoms with Crippen LogP contribution in [0, 0.1) is 11.7 Å². The molecule has 0 spiro atoms. The summed E-state index contributed by atoms with van der Waals surface area (Å²) in [6.45, 7) is 3.59. The molecule has 0 radical (unpaired) electrons. The lowest BCUT2D eigenvalue weighted by Gasteiger charge is -2.11. The monoisotopic (exact) mass is 229 g/mol. The molecular weight excluding hydrogens is 213 g/mol. The summed E-state index contributed by atoms with van der Waals surface area (Å²) in [7, 11) is 0. The number of rotatable bonds is 6. The van der Waals surface area contributed by atoms with Crippen LogP contribution in [0.3, 0.4) is 0 Å². The van der Waals surface area contributed by atoms with E-state index in [9.17, 15) is 4.39 Å². The summed E-state index contributed by atoms with van der Waals surface area (Å²) in [6.07, 6.45) is 0.992. The van der Waals surface area contributed by atoms with Gasteiger partial charge in [-0.05, 0) is 24.9 Å². The predicted octanol–water partition coefficient (Wildman–Crippen LogP) is 3.18. The van der Waals surface area contributed by atoms with Crippen molar-refractivity contribution in [1.29, 1.82) is 0 Å². The van der Waals surface area contributed by atoms with Gasteiger partial charge in [0.25, 0.3) is 0 Å². The normalized spacial score (nSPS) is 12.7. The average Bonchev–Trinajstić information content (AvgIpc) is 2.21. The van der Waals surface area contributed by atoms with Crippen molar-refractivity contribution in [2.45, 2.75) is 19.9 Å². The van der Waals surface area contributed by atoms with Gasteiger partial charge in [0.1, 0.15) is 5.82 Å². The molecule has 0 heterocycles. The summed E-state index contributed by atoms with van der Waals surface area (Å²) in [4.78, 5) is 0. The van der Waals surface area contributed by atoms with Crippen LogP contribution in [0.5, 0.6) is 0 Å². The van der Waals surface area contributed by atoms with Crippen LogP contribution in [0.4, 0.5) is 4.39 Å². The molecule has 84 valence electrons. The summed E-state index contributed by atoms with van der Waals surface area (Å²) in [6, 6.07) is 6.84. The number of nitrogens with one attached hydrogen (secondary N) is 1. The molecule has 0 aliphatic heterocycles. The molecule has 0 saturated heterocycles. The van der Waals surface area contributed by atoms with Crippen molar-refractivity contribution in [3.63, 3.8) is 0 Å². The smallest absolute Gasteiger partial charge is 0.127 e. The molecule has 1 rings (SSSR count). The Morgan fingerprint density at radius 3 is 2.80 bits per heavy atom. The molecule has 1 atom stereocenters. The van der Waals surface area contributed by atoms with Crippen molar-refractivity contribution in [1.82, 2.24) is 5.32 Å². The van der Waals surface area contributed by atoms with Gasteiger partial charge >= 0.3 is 0 Å². The number of halogens is 2. The molecule has 1 N–H and O–H groups in total. The highest BCUT2D eigenvalue weighted by Crippen LogP contribution is 2.06. The molecule has 1 aromatic carbocycles. The molecule has 0 aliphatic rings. The van der Waals surface area contributed by atoms with Crippen LogP contribution >= 0.6 is 11.6 Å². The zero-order valence-corrected chi connectivity index (χ0v) is 9.73. The molecule has 0 aliphatic carbocycles. The van der Waals surface area contributed by atoms with Crippen LogP contribution in [-0.2, 0) is 6.54 Å². The van der Waals surface area contributed by atoms with Crippen LogP contribution in [0.25, 0.3) is 0 Å². The lowest BCUT2D eigenvalue weighted by atomic mass is 10.1. The van der Waals surface area contributed by atoms with E-state index in [1.54, 1.807) is 12.1 Å². The molecule has 1 aromatic rings. The average molecular weight is 230 g/mol. The first-order valence-corrected chi connectivity index (χ1v) is 5.77. The fourth-order valence-electron chi connectivity index (χ4n) is 1.38. The summed E-state index contributed by atoms with van der Waals surface area (Å²) >= 11 is 5.63. The van der Waals surface area contributed by atoms with Crippen LogP contribution in [-0.4, -0.2) is 12.4 Å². The van der Waals surface area contributed by atoms with Gasteiger partial charge in [0.2, 0.25) is 0 Å². The van der Waals surface area contributed by atoms with Crippen molar-refractivity contribution in [2.75, 3.05) is 12.4 Å². The maximum absolute atomic E-state index is 13.2. The van der Waals surface area contributed by atoms with E-state index in [4.69, 9.17) is 11.6 Å². The highest BCUT2D eigenvalue weighted by Gasteiger charge is 2.02. The van der Waals surface area contributed by atoms with Gasteiger partial charge in [0.15, 0.2) is 0 Å².